The minimum absolute atomic E-state index is 0.302. The monoisotopic (exact) mass is 424 g/mol. The van der Waals surface area contributed by atoms with Crippen LogP contribution in [0.25, 0.3) is 22.0 Å². The molecule has 0 fully saturated rings. The summed E-state index contributed by atoms with van der Waals surface area (Å²) in [7, 11) is 1.87. The van der Waals surface area contributed by atoms with Gasteiger partial charge in [-0.1, -0.05) is 50.2 Å². The van der Waals surface area contributed by atoms with Gasteiger partial charge in [-0.15, -0.1) is 0 Å². The Morgan fingerprint density at radius 3 is 2.41 bits per heavy atom. The van der Waals surface area contributed by atoms with Crippen molar-refractivity contribution in [2.24, 2.45) is 7.05 Å². The van der Waals surface area contributed by atoms with Crippen LogP contribution in [-0.4, -0.2) is 5.97 Å². The number of esters is 1. The Bertz CT molecular complexity index is 1320. The molecule has 0 amide bonds. The molecule has 3 heterocycles. The maximum Gasteiger partial charge on any atom is 0.404 e. The molecule has 160 valence electrons. The smallest absolute Gasteiger partial charge is 0.404 e. The van der Waals surface area contributed by atoms with Crippen molar-refractivity contribution in [3.8, 4) is 11.3 Å². The highest BCUT2D eigenvalue weighted by atomic mass is 16.5. The number of fused-ring (bicyclic) bond motifs is 5. The van der Waals surface area contributed by atoms with E-state index in [0.29, 0.717) is 5.69 Å². The molecule has 4 nitrogen and oxygen atoms in total. The maximum absolute atomic E-state index is 13.3. The van der Waals surface area contributed by atoms with Crippen LogP contribution in [0.1, 0.15) is 48.8 Å². The number of rotatable bonds is 4. The molecule has 0 spiro atoms. The molecule has 0 aliphatic carbocycles. The third kappa shape index (κ3) is 2.94. The van der Waals surface area contributed by atoms with E-state index in [1.54, 1.807) is 0 Å². The van der Waals surface area contributed by atoms with Crippen LogP contribution in [0.3, 0.4) is 0 Å². The van der Waals surface area contributed by atoms with E-state index >= 15 is 0 Å². The molecule has 0 radical (unpaired) electrons. The predicted octanol–water partition coefficient (Wildman–Crippen LogP) is 5.05. The molecular weight excluding hydrogens is 396 g/mol. The molecule has 0 saturated carbocycles. The van der Waals surface area contributed by atoms with Gasteiger partial charge in [0.05, 0.1) is 10.9 Å². The van der Waals surface area contributed by atoms with E-state index in [1.807, 2.05) is 42.1 Å². The molecule has 2 aromatic carbocycles. The quantitative estimate of drug-likeness (QED) is 0.340. The van der Waals surface area contributed by atoms with Gasteiger partial charge in [0.15, 0.2) is 18.5 Å². The van der Waals surface area contributed by atoms with Crippen LogP contribution in [0.15, 0.2) is 85.2 Å². The number of hydrogen-bond donors (Lipinski definition) is 0. The first-order valence-electron chi connectivity index (χ1n) is 11.3. The molecule has 4 heteroatoms. The summed E-state index contributed by atoms with van der Waals surface area (Å²) in [6.07, 6.45) is 5.33. The van der Waals surface area contributed by atoms with Crippen molar-refractivity contribution >= 4 is 16.7 Å². The van der Waals surface area contributed by atoms with Crippen molar-refractivity contribution in [1.29, 1.82) is 0 Å². The molecule has 0 bridgehead atoms. The lowest BCUT2D eigenvalue weighted by Crippen LogP contribution is -2.63. The van der Waals surface area contributed by atoms with Crippen LogP contribution in [0, 0.1) is 0 Å². The number of pyridine rings is 2. The van der Waals surface area contributed by atoms with Crippen molar-refractivity contribution in [3.05, 3.63) is 96.4 Å². The fraction of sp³-hybridized carbons (Fsp3) is 0.250. The van der Waals surface area contributed by atoms with Crippen LogP contribution in [0.2, 0.25) is 0 Å². The minimum Gasteiger partial charge on any atom is -0.442 e. The highest BCUT2D eigenvalue weighted by Crippen LogP contribution is 2.47. The first kappa shape index (κ1) is 20.4. The summed E-state index contributed by atoms with van der Waals surface area (Å²) in [5, 5.41) is 2.43. The lowest BCUT2D eigenvalue weighted by Gasteiger charge is -2.39. The van der Waals surface area contributed by atoms with Gasteiger partial charge in [0.25, 0.3) is 5.69 Å². The van der Waals surface area contributed by atoms with Crippen molar-refractivity contribution in [3.63, 3.8) is 0 Å². The molecule has 0 saturated heterocycles. The number of benzene rings is 2. The molecule has 2 aromatic heterocycles. The second-order valence-corrected chi connectivity index (χ2v) is 8.50. The molecule has 1 aliphatic heterocycles. The van der Waals surface area contributed by atoms with Gasteiger partial charge in [-0.05, 0) is 23.6 Å². The van der Waals surface area contributed by atoms with E-state index in [-0.39, 0.29) is 17.6 Å². The van der Waals surface area contributed by atoms with Crippen LogP contribution in [-0.2, 0) is 17.3 Å². The first-order chi connectivity index (χ1) is 15.6. The van der Waals surface area contributed by atoms with Crippen molar-refractivity contribution < 1.29 is 18.7 Å². The lowest BCUT2D eigenvalue weighted by molar-refractivity contribution is -0.767. The van der Waals surface area contributed by atoms with Crippen molar-refractivity contribution in [2.45, 2.75) is 38.3 Å². The van der Waals surface area contributed by atoms with Gasteiger partial charge in [0, 0.05) is 36.6 Å². The second kappa shape index (κ2) is 7.86. The van der Waals surface area contributed by atoms with E-state index in [9.17, 15) is 4.79 Å². The average molecular weight is 425 g/mol. The Morgan fingerprint density at radius 2 is 1.62 bits per heavy atom. The maximum atomic E-state index is 13.3. The Balaban J connectivity index is 1.75. The lowest BCUT2D eigenvalue weighted by atomic mass is 9.76. The van der Waals surface area contributed by atoms with Gasteiger partial charge in [-0.2, -0.15) is 9.13 Å². The molecule has 5 rings (SSSR count). The Hall–Kier alpha value is -3.53. The number of carbonyl (C=O) groups is 1. The third-order valence-corrected chi connectivity index (χ3v) is 7.04. The van der Waals surface area contributed by atoms with E-state index in [0.717, 1.165) is 24.0 Å². The summed E-state index contributed by atoms with van der Waals surface area (Å²) in [6.45, 7) is 4.37. The third-order valence-electron chi connectivity index (χ3n) is 7.04. The highest BCUT2D eigenvalue weighted by Gasteiger charge is 2.54. The van der Waals surface area contributed by atoms with Crippen LogP contribution in [0.5, 0.6) is 0 Å². The zero-order valence-electron chi connectivity index (χ0n) is 18.8. The molecule has 4 aromatic rings. The highest BCUT2D eigenvalue weighted by molar-refractivity contribution is 5.94. The number of ether oxygens (including phenoxy) is 1. The summed E-state index contributed by atoms with van der Waals surface area (Å²) in [6, 6.07) is 24.6. The van der Waals surface area contributed by atoms with Gasteiger partial charge in [0.2, 0.25) is 11.2 Å². The Kier molecular flexibility index (Phi) is 5.01. The van der Waals surface area contributed by atoms with Crippen LogP contribution < -0.4 is 9.13 Å². The SMILES string of the molecule is CCC1(CC)C(OC(=O)c2cccc[n+]2C)c2ccccc2-c2c3ccccc3cc[n+]21. The van der Waals surface area contributed by atoms with E-state index < -0.39 is 0 Å². The van der Waals surface area contributed by atoms with Gasteiger partial charge in [-0.3, -0.25) is 0 Å². The van der Waals surface area contributed by atoms with Crippen LogP contribution >= 0.6 is 0 Å². The molecule has 1 aliphatic rings. The fourth-order valence-electron chi connectivity index (χ4n) is 5.26. The fourth-order valence-corrected chi connectivity index (χ4v) is 5.26. The van der Waals surface area contributed by atoms with Gasteiger partial charge in [-0.25, -0.2) is 4.79 Å². The van der Waals surface area contributed by atoms with Gasteiger partial charge in [0.1, 0.15) is 7.05 Å². The number of aryl methyl sites for hydroxylation is 1. The topological polar surface area (TPSA) is 34.1 Å². The average Bonchev–Trinajstić information content (AvgIpc) is 2.84. The standard InChI is InChI=1S/C28H28N2O2/c1-4-28(5-2)26(32-27(31)24-16-10-11-18-29(24)3)23-15-9-8-14-22(23)25-21-13-7-6-12-20(21)17-19-30(25)28/h6-19,26H,4-5H2,1-3H3/q+2. The van der Waals surface area contributed by atoms with Gasteiger partial charge < -0.3 is 4.74 Å². The van der Waals surface area contributed by atoms with Crippen molar-refractivity contribution in [1.82, 2.24) is 0 Å². The van der Waals surface area contributed by atoms with E-state index in [2.05, 4.69) is 73.1 Å². The van der Waals surface area contributed by atoms with E-state index in [1.165, 1.54) is 16.5 Å². The second-order valence-electron chi connectivity index (χ2n) is 8.50. The number of hydrogen-bond acceptors (Lipinski definition) is 2. The summed E-state index contributed by atoms with van der Waals surface area (Å²) in [5.41, 5.74) is 3.55. The molecule has 1 atom stereocenters. The van der Waals surface area contributed by atoms with Gasteiger partial charge >= 0.3 is 5.97 Å². The molecule has 32 heavy (non-hydrogen) atoms. The van der Waals surface area contributed by atoms with Crippen LogP contribution in [0.4, 0.5) is 0 Å². The molecule has 1 unspecified atom stereocenters. The molecule has 0 N–H and O–H groups in total. The Labute approximate surface area is 188 Å². The number of nitrogens with zero attached hydrogens (tertiary/aromatic N) is 2. The summed E-state index contributed by atoms with van der Waals surface area (Å²) < 4.78 is 10.5. The number of aromatic nitrogens is 2. The van der Waals surface area contributed by atoms with E-state index in [4.69, 9.17) is 4.74 Å². The summed E-state index contributed by atoms with van der Waals surface area (Å²) in [4.78, 5) is 13.3. The largest absolute Gasteiger partial charge is 0.442 e. The summed E-state index contributed by atoms with van der Waals surface area (Å²) in [5.74, 6) is -0.302. The predicted molar refractivity (Wildman–Crippen MR) is 124 cm³/mol. The zero-order valence-corrected chi connectivity index (χ0v) is 18.8. The normalized spacial score (nSPS) is 16.3. The molecular formula is C28H28N2O2+2. The first-order valence-corrected chi connectivity index (χ1v) is 11.3. The number of carbonyl (C=O) groups excluding carboxylic acids is 1. The minimum atomic E-state index is -0.389. The Morgan fingerprint density at radius 1 is 0.906 bits per heavy atom. The van der Waals surface area contributed by atoms with Crippen molar-refractivity contribution in [2.75, 3.05) is 0 Å². The zero-order chi connectivity index (χ0) is 22.3. The summed E-state index contributed by atoms with van der Waals surface area (Å²) >= 11 is 0.